The fourth-order valence-electron chi connectivity index (χ4n) is 1.03. The summed E-state index contributed by atoms with van der Waals surface area (Å²) >= 11 is 1.32. The van der Waals surface area contributed by atoms with Gasteiger partial charge in [0.1, 0.15) is 0 Å². The molecule has 1 rings (SSSR count). The lowest BCUT2D eigenvalue weighted by molar-refractivity contribution is 0.0697. The first-order valence-electron chi connectivity index (χ1n) is 4.26. The third kappa shape index (κ3) is 2.99. The number of benzene rings is 1. The predicted octanol–water partition coefficient (Wildman–Crippen LogP) is 2.00. The van der Waals surface area contributed by atoms with E-state index in [1.54, 1.807) is 12.1 Å². The number of hydrogen-bond donors (Lipinski definition) is 2. The Balaban J connectivity index is 3.17. The number of amidine groups is 1. The normalized spacial score (nSPS) is 11.5. The molecule has 0 fully saturated rings. The molecular formula is C10H12N2O2S. The number of aliphatic imine (C=N–C) groups is 1. The molecule has 0 saturated carbocycles. The second-order valence-electron chi connectivity index (χ2n) is 2.96. The monoisotopic (exact) mass is 224 g/mol. The molecule has 0 aliphatic carbocycles. The standard InChI is InChI=1S/C10H12N2O2S/c1-6-3-4-7(9(13)14)5-8(6)12-10(11)15-2/h3-5H,1-2H3,(H2,11,12)(H,13,14). The molecule has 80 valence electrons. The maximum Gasteiger partial charge on any atom is 0.335 e. The minimum absolute atomic E-state index is 0.216. The molecule has 0 aromatic heterocycles. The van der Waals surface area contributed by atoms with Crippen molar-refractivity contribution in [1.29, 1.82) is 0 Å². The summed E-state index contributed by atoms with van der Waals surface area (Å²) in [6, 6.07) is 4.78. The van der Waals surface area contributed by atoms with Crippen molar-refractivity contribution in [2.75, 3.05) is 6.26 Å². The van der Waals surface area contributed by atoms with Crippen LogP contribution in [0.15, 0.2) is 23.2 Å². The smallest absolute Gasteiger partial charge is 0.335 e. The van der Waals surface area contributed by atoms with E-state index >= 15 is 0 Å². The molecule has 0 aliphatic rings. The molecule has 3 N–H and O–H groups in total. The Morgan fingerprint density at radius 2 is 2.20 bits per heavy atom. The molecule has 0 saturated heterocycles. The maximum absolute atomic E-state index is 10.7. The number of rotatable bonds is 2. The SMILES string of the molecule is CSC(N)=Nc1cc(C(=O)O)ccc1C. The Morgan fingerprint density at radius 3 is 2.73 bits per heavy atom. The molecule has 0 radical (unpaired) electrons. The molecule has 1 aromatic rings. The average Bonchev–Trinajstić information content (AvgIpc) is 2.20. The Kier molecular flexibility index (Phi) is 3.74. The fourth-order valence-corrected chi connectivity index (χ4v) is 1.22. The van der Waals surface area contributed by atoms with Crippen LogP contribution in [0, 0.1) is 6.92 Å². The van der Waals surface area contributed by atoms with Crippen LogP contribution < -0.4 is 5.73 Å². The number of nitrogens with two attached hydrogens (primary N) is 1. The van der Waals surface area contributed by atoms with Crippen molar-refractivity contribution in [2.45, 2.75) is 6.92 Å². The van der Waals surface area contributed by atoms with Gasteiger partial charge in [-0.1, -0.05) is 17.8 Å². The summed E-state index contributed by atoms with van der Waals surface area (Å²) in [5.41, 5.74) is 7.28. The number of carboxylic acid groups (broad SMARTS) is 1. The lowest BCUT2D eigenvalue weighted by Gasteiger charge is -2.02. The summed E-state index contributed by atoms with van der Waals surface area (Å²) in [6.45, 7) is 1.86. The molecule has 0 unspecified atom stereocenters. The van der Waals surface area contributed by atoms with Gasteiger partial charge in [0.05, 0.1) is 11.3 Å². The van der Waals surface area contributed by atoms with Crippen LogP contribution in [0.25, 0.3) is 0 Å². The van der Waals surface area contributed by atoms with Gasteiger partial charge in [-0.05, 0) is 30.9 Å². The van der Waals surface area contributed by atoms with Gasteiger partial charge in [-0.15, -0.1) is 0 Å². The van der Waals surface area contributed by atoms with E-state index in [0.29, 0.717) is 10.9 Å². The van der Waals surface area contributed by atoms with Crippen molar-refractivity contribution in [3.05, 3.63) is 29.3 Å². The van der Waals surface area contributed by atoms with Gasteiger partial charge < -0.3 is 10.8 Å². The van der Waals surface area contributed by atoms with Crippen molar-refractivity contribution in [3.63, 3.8) is 0 Å². The second kappa shape index (κ2) is 4.84. The average molecular weight is 224 g/mol. The van der Waals surface area contributed by atoms with E-state index in [0.717, 1.165) is 5.56 Å². The number of thioether (sulfide) groups is 1. The van der Waals surface area contributed by atoms with E-state index in [1.807, 2.05) is 13.2 Å². The van der Waals surface area contributed by atoms with Gasteiger partial charge in [-0.25, -0.2) is 9.79 Å². The van der Waals surface area contributed by atoms with Crippen LogP contribution in [0.4, 0.5) is 5.69 Å². The van der Waals surface area contributed by atoms with Crippen molar-refractivity contribution in [1.82, 2.24) is 0 Å². The molecule has 1 aromatic carbocycles. The molecule has 4 nitrogen and oxygen atoms in total. The summed E-state index contributed by atoms with van der Waals surface area (Å²) in [4.78, 5) is 14.8. The zero-order valence-electron chi connectivity index (χ0n) is 8.52. The zero-order chi connectivity index (χ0) is 11.4. The first-order valence-corrected chi connectivity index (χ1v) is 5.49. The van der Waals surface area contributed by atoms with E-state index in [1.165, 1.54) is 17.8 Å². The number of nitrogens with zero attached hydrogens (tertiary/aromatic N) is 1. The molecule has 0 amide bonds. The Labute approximate surface area is 92.2 Å². The first kappa shape index (κ1) is 11.6. The molecule has 0 aliphatic heterocycles. The van der Waals surface area contributed by atoms with Crippen LogP contribution in [-0.4, -0.2) is 22.5 Å². The van der Waals surface area contributed by atoms with Crippen LogP contribution in [0.1, 0.15) is 15.9 Å². The lowest BCUT2D eigenvalue weighted by Crippen LogP contribution is -2.04. The highest BCUT2D eigenvalue weighted by Crippen LogP contribution is 2.21. The highest BCUT2D eigenvalue weighted by molar-refractivity contribution is 8.13. The van der Waals surface area contributed by atoms with Crippen molar-refractivity contribution < 1.29 is 9.90 Å². The van der Waals surface area contributed by atoms with Crippen molar-refractivity contribution in [3.8, 4) is 0 Å². The van der Waals surface area contributed by atoms with E-state index in [-0.39, 0.29) is 5.56 Å². The second-order valence-corrected chi connectivity index (χ2v) is 3.79. The van der Waals surface area contributed by atoms with Crippen LogP contribution >= 0.6 is 11.8 Å². The molecule has 0 heterocycles. The quantitative estimate of drug-likeness (QED) is 0.595. The van der Waals surface area contributed by atoms with Crippen molar-refractivity contribution >= 4 is 28.6 Å². The Hall–Kier alpha value is -1.49. The number of hydrogen-bond acceptors (Lipinski definition) is 3. The number of carboxylic acids is 1. The summed E-state index contributed by atoms with van der Waals surface area (Å²) in [6.07, 6.45) is 1.81. The first-order chi connectivity index (χ1) is 7.04. The summed E-state index contributed by atoms with van der Waals surface area (Å²) < 4.78 is 0. The van der Waals surface area contributed by atoms with Crippen LogP contribution in [0.5, 0.6) is 0 Å². The molecule has 5 heteroatoms. The van der Waals surface area contributed by atoms with Gasteiger partial charge in [0, 0.05) is 0 Å². The topological polar surface area (TPSA) is 75.7 Å². The number of aromatic carboxylic acids is 1. The van der Waals surface area contributed by atoms with Gasteiger partial charge in [-0.2, -0.15) is 0 Å². The molecular weight excluding hydrogens is 212 g/mol. The van der Waals surface area contributed by atoms with Gasteiger partial charge in [0.2, 0.25) is 0 Å². The Bertz CT molecular complexity index is 416. The van der Waals surface area contributed by atoms with Gasteiger partial charge >= 0.3 is 5.97 Å². The number of carbonyl (C=O) groups is 1. The highest BCUT2D eigenvalue weighted by Gasteiger charge is 2.05. The van der Waals surface area contributed by atoms with Gasteiger partial charge in [-0.3, -0.25) is 0 Å². The number of aryl methyl sites for hydroxylation is 1. The van der Waals surface area contributed by atoms with E-state index in [2.05, 4.69) is 4.99 Å². The van der Waals surface area contributed by atoms with Crippen LogP contribution in [0.2, 0.25) is 0 Å². The predicted molar refractivity (Wildman–Crippen MR) is 62.9 cm³/mol. The minimum atomic E-state index is -0.964. The largest absolute Gasteiger partial charge is 0.478 e. The summed E-state index contributed by atoms with van der Waals surface area (Å²) in [5.74, 6) is -0.964. The third-order valence-corrected chi connectivity index (χ3v) is 2.41. The fraction of sp³-hybridized carbons (Fsp3) is 0.200. The Morgan fingerprint density at radius 1 is 1.53 bits per heavy atom. The molecule has 15 heavy (non-hydrogen) atoms. The van der Waals surface area contributed by atoms with E-state index in [9.17, 15) is 4.79 Å². The summed E-state index contributed by atoms with van der Waals surface area (Å²) in [7, 11) is 0. The van der Waals surface area contributed by atoms with Gasteiger partial charge in [0.25, 0.3) is 0 Å². The molecule has 0 bridgehead atoms. The van der Waals surface area contributed by atoms with Crippen LogP contribution in [-0.2, 0) is 0 Å². The highest BCUT2D eigenvalue weighted by atomic mass is 32.2. The third-order valence-electron chi connectivity index (χ3n) is 1.90. The van der Waals surface area contributed by atoms with Gasteiger partial charge in [0.15, 0.2) is 5.17 Å². The molecule has 0 spiro atoms. The van der Waals surface area contributed by atoms with Crippen LogP contribution in [0.3, 0.4) is 0 Å². The minimum Gasteiger partial charge on any atom is -0.478 e. The maximum atomic E-state index is 10.7. The zero-order valence-corrected chi connectivity index (χ0v) is 9.34. The summed E-state index contributed by atoms with van der Waals surface area (Å²) in [5, 5.41) is 9.22. The van der Waals surface area contributed by atoms with E-state index in [4.69, 9.17) is 10.8 Å². The van der Waals surface area contributed by atoms with Crippen molar-refractivity contribution in [2.24, 2.45) is 10.7 Å². The van der Waals surface area contributed by atoms with E-state index < -0.39 is 5.97 Å². The molecule has 0 atom stereocenters. The lowest BCUT2D eigenvalue weighted by atomic mass is 10.1.